The number of para-hydroxylation sites is 2. The Bertz CT molecular complexity index is 633. The molecule has 21 heavy (non-hydrogen) atoms. The molecule has 0 fully saturated rings. The molecule has 1 atom stereocenters. The van der Waals surface area contributed by atoms with Crippen molar-refractivity contribution in [2.45, 2.75) is 19.9 Å². The predicted octanol–water partition coefficient (Wildman–Crippen LogP) is 2.95. The molecular weight excluding hydrogens is 264 g/mol. The van der Waals surface area contributed by atoms with Gasteiger partial charge in [-0.05, 0) is 31.5 Å². The zero-order valence-electron chi connectivity index (χ0n) is 12.5. The van der Waals surface area contributed by atoms with Crippen LogP contribution in [0.4, 0.5) is 5.69 Å². The second-order valence-electron chi connectivity index (χ2n) is 5.10. The van der Waals surface area contributed by atoms with Crippen molar-refractivity contribution >= 4 is 11.6 Å². The molecule has 1 amide bonds. The summed E-state index contributed by atoms with van der Waals surface area (Å²) in [5, 5.41) is 3.17. The van der Waals surface area contributed by atoms with Crippen LogP contribution in [0.3, 0.4) is 0 Å². The molecule has 4 heteroatoms. The third-order valence-corrected chi connectivity index (χ3v) is 3.27. The van der Waals surface area contributed by atoms with Crippen LogP contribution in [0.1, 0.15) is 22.7 Å². The fourth-order valence-corrected chi connectivity index (χ4v) is 2.41. The molecule has 0 aliphatic heterocycles. The van der Waals surface area contributed by atoms with Gasteiger partial charge in [0.1, 0.15) is 11.8 Å². The van der Waals surface area contributed by atoms with Gasteiger partial charge in [0.25, 0.3) is 0 Å². The number of nitrogens with two attached hydrogens (primary N) is 1. The number of nitrogens with one attached hydrogen (secondary N) is 1. The summed E-state index contributed by atoms with van der Waals surface area (Å²) in [7, 11) is 1.59. The molecule has 0 aromatic heterocycles. The number of benzene rings is 2. The van der Waals surface area contributed by atoms with Crippen molar-refractivity contribution in [2.75, 3.05) is 12.4 Å². The molecule has 2 rings (SSSR count). The van der Waals surface area contributed by atoms with Gasteiger partial charge in [0, 0.05) is 0 Å². The summed E-state index contributed by atoms with van der Waals surface area (Å²) >= 11 is 0. The quantitative estimate of drug-likeness (QED) is 0.887. The Morgan fingerprint density at radius 3 is 2.33 bits per heavy atom. The minimum absolute atomic E-state index is 0.425. The SMILES string of the molecule is COc1ccccc1NC(C(N)=O)c1cc(C)cc(C)c1. The molecule has 0 heterocycles. The van der Waals surface area contributed by atoms with E-state index in [0.717, 1.165) is 22.4 Å². The molecule has 110 valence electrons. The summed E-state index contributed by atoms with van der Waals surface area (Å²) in [6, 6.07) is 12.8. The van der Waals surface area contributed by atoms with Gasteiger partial charge in [0.15, 0.2) is 0 Å². The van der Waals surface area contributed by atoms with Crippen LogP contribution in [0, 0.1) is 13.8 Å². The lowest BCUT2D eigenvalue weighted by molar-refractivity contribution is -0.118. The van der Waals surface area contributed by atoms with Crippen molar-refractivity contribution < 1.29 is 9.53 Å². The third kappa shape index (κ3) is 3.54. The van der Waals surface area contributed by atoms with Crippen LogP contribution in [0.5, 0.6) is 5.75 Å². The number of carbonyl (C=O) groups excluding carboxylic acids is 1. The fraction of sp³-hybridized carbons (Fsp3) is 0.235. The number of hydrogen-bond donors (Lipinski definition) is 2. The van der Waals surface area contributed by atoms with E-state index in [1.807, 2.05) is 50.2 Å². The van der Waals surface area contributed by atoms with Crippen LogP contribution in [-0.2, 0) is 4.79 Å². The molecule has 0 radical (unpaired) electrons. The van der Waals surface area contributed by atoms with Crippen molar-refractivity contribution in [3.05, 3.63) is 59.2 Å². The van der Waals surface area contributed by atoms with Gasteiger partial charge in [0.05, 0.1) is 12.8 Å². The van der Waals surface area contributed by atoms with Crippen LogP contribution in [0.25, 0.3) is 0 Å². The summed E-state index contributed by atoms with van der Waals surface area (Å²) in [4.78, 5) is 11.8. The lowest BCUT2D eigenvalue weighted by atomic mass is 10.0. The molecule has 2 aromatic carbocycles. The van der Waals surface area contributed by atoms with Crippen molar-refractivity contribution in [1.82, 2.24) is 0 Å². The summed E-state index contributed by atoms with van der Waals surface area (Å²) in [5.74, 6) is 0.249. The van der Waals surface area contributed by atoms with Crippen LogP contribution in [0.2, 0.25) is 0 Å². The normalized spacial score (nSPS) is 11.8. The van der Waals surface area contributed by atoms with E-state index in [1.165, 1.54) is 0 Å². The molecule has 0 aliphatic rings. The Balaban J connectivity index is 2.38. The number of primary amides is 1. The molecule has 3 N–H and O–H groups in total. The third-order valence-electron chi connectivity index (χ3n) is 3.27. The molecule has 2 aromatic rings. The van der Waals surface area contributed by atoms with Crippen molar-refractivity contribution in [1.29, 1.82) is 0 Å². The molecule has 4 nitrogen and oxygen atoms in total. The van der Waals surface area contributed by atoms with Gasteiger partial charge < -0.3 is 15.8 Å². The largest absolute Gasteiger partial charge is 0.495 e. The van der Waals surface area contributed by atoms with Gasteiger partial charge in [-0.15, -0.1) is 0 Å². The maximum Gasteiger partial charge on any atom is 0.244 e. The first-order chi connectivity index (χ1) is 10.0. The Labute approximate surface area is 124 Å². The molecule has 0 saturated heterocycles. The van der Waals surface area contributed by atoms with Gasteiger partial charge in [-0.2, -0.15) is 0 Å². The van der Waals surface area contributed by atoms with Gasteiger partial charge in [-0.1, -0.05) is 41.5 Å². The summed E-state index contributed by atoms with van der Waals surface area (Å²) in [6.07, 6.45) is 0. The summed E-state index contributed by atoms with van der Waals surface area (Å²) < 4.78 is 5.29. The minimum Gasteiger partial charge on any atom is -0.495 e. The Morgan fingerprint density at radius 2 is 1.76 bits per heavy atom. The van der Waals surface area contributed by atoms with E-state index >= 15 is 0 Å². The van der Waals surface area contributed by atoms with Crippen molar-refractivity contribution in [3.63, 3.8) is 0 Å². The molecule has 1 unspecified atom stereocenters. The summed E-state index contributed by atoms with van der Waals surface area (Å²) in [6.45, 7) is 4.00. The molecule has 0 aliphatic carbocycles. The number of hydrogen-bond acceptors (Lipinski definition) is 3. The second kappa shape index (κ2) is 6.31. The molecular formula is C17H20N2O2. The minimum atomic E-state index is -0.597. The summed E-state index contributed by atoms with van der Waals surface area (Å²) in [5.41, 5.74) is 9.35. The zero-order valence-corrected chi connectivity index (χ0v) is 12.5. The molecule has 0 saturated carbocycles. The number of rotatable bonds is 5. The monoisotopic (exact) mass is 284 g/mol. The van der Waals surface area contributed by atoms with E-state index in [1.54, 1.807) is 7.11 Å². The highest BCUT2D eigenvalue weighted by Gasteiger charge is 2.19. The highest BCUT2D eigenvalue weighted by molar-refractivity contribution is 5.85. The molecule has 0 bridgehead atoms. The lowest BCUT2D eigenvalue weighted by Crippen LogP contribution is -2.28. The number of aryl methyl sites for hydroxylation is 2. The van der Waals surface area contributed by atoms with E-state index < -0.39 is 11.9 Å². The Morgan fingerprint density at radius 1 is 1.14 bits per heavy atom. The van der Waals surface area contributed by atoms with Crippen LogP contribution in [-0.4, -0.2) is 13.0 Å². The van der Waals surface area contributed by atoms with Gasteiger partial charge in [-0.3, -0.25) is 4.79 Å². The van der Waals surface area contributed by atoms with Gasteiger partial charge in [0.2, 0.25) is 5.91 Å². The number of carbonyl (C=O) groups is 1. The van der Waals surface area contributed by atoms with E-state index in [9.17, 15) is 4.79 Å². The predicted molar refractivity (Wildman–Crippen MR) is 84.5 cm³/mol. The molecule has 0 spiro atoms. The Kier molecular flexibility index (Phi) is 4.48. The van der Waals surface area contributed by atoms with Crippen LogP contribution >= 0.6 is 0 Å². The highest BCUT2D eigenvalue weighted by Crippen LogP contribution is 2.28. The van der Waals surface area contributed by atoms with Crippen molar-refractivity contribution in [3.8, 4) is 5.75 Å². The first-order valence-corrected chi connectivity index (χ1v) is 6.78. The Hall–Kier alpha value is -2.49. The number of amides is 1. The standard InChI is InChI=1S/C17H20N2O2/c1-11-8-12(2)10-13(9-11)16(17(18)20)19-14-6-4-5-7-15(14)21-3/h4-10,16,19H,1-3H3,(H2,18,20). The van der Waals surface area contributed by atoms with Crippen LogP contribution < -0.4 is 15.8 Å². The maximum atomic E-state index is 11.8. The average Bonchev–Trinajstić information content (AvgIpc) is 2.43. The first kappa shape index (κ1) is 14.9. The van der Waals surface area contributed by atoms with Crippen LogP contribution in [0.15, 0.2) is 42.5 Å². The number of methoxy groups -OCH3 is 1. The second-order valence-corrected chi connectivity index (χ2v) is 5.10. The zero-order chi connectivity index (χ0) is 15.4. The topological polar surface area (TPSA) is 64.3 Å². The van der Waals surface area contributed by atoms with E-state index in [0.29, 0.717) is 5.75 Å². The number of anilines is 1. The van der Waals surface area contributed by atoms with E-state index in [2.05, 4.69) is 11.4 Å². The van der Waals surface area contributed by atoms with E-state index in [4.69, 9.17) is 10.5 Å². The number of ether oxygens (including phenoxy) is 1. The lowest BCUT2D eigenvalue weighted by Gasteiger charge is -2.20. The maximum absolute atomic E-state index is 11.8. The van der Waals surface area contributed by atoms with Gasteiger partial charge >= 0.3 is 0 Å². The fourth-order valence-electron chi connectivity index (χ4n) is 2.41. The van der Waals surface area contributed by atoms with Crippen molar-refractivity contribution in [2.24, 2.45) is 5.73 Å². The van der Waals surface area contributed by atoms with E-state index in [-0.39, 0.29) is 0 Å². The van der Waals surface area contributed by atoms with Gasteiger partial charge in [-0.25, -0.2) is 0 Å². The smallest absolute Gasteiger partial charge is 0.244 e. The average molecular weight is 284 g/mol. The first-order valence-electron chi connectivity index (χ1n) is 6.78. The highest BCUT2D eigenvalue weighted by atomic mass is 16.5.